The first-order chi connectivity index (χ1) is 5.00. The van der Waals surface area contributed by atoms with Gasteiger partial charge in [-0.15, -0.1) is 0 Å². The van der Waals surface area contributed by atoms with E-state index in [-0.39, 0.29) is 0 Å². The van der Waals surface area contributed by atoms with Crippen LogP contribution in [-0.2, 0) is 6.18 Å². The van der Waals surface area contributed by atoms with Crippen molar-refractivity contribution in [2.75, 3.05) is 0 Å². The SMILES string of the molecule is FC(F)(F)c1cc[c]([Sn])cc1. The maximum atomic E-state index is 11.9. The van der Waals surface area contributed by atoms with Crippen molar-refractivity contribution in [2.45, 2.75) is 6.18 Å². The molecule has 3 radical (unpaired) electrons. The Morgan fingerprint density at radius 2 is 1.45 bits per heavy atom. The van der Waals surface area contributed by atoms with Gasteiger partial charge in [0.25, 0.3) is 0 Å². The summed E-state index contributed by atoms with van der Waals surface area (Å²) in [5.41, 5.74) is -0.580. The first-order valence-electron chi connectivity index (χ1n) is 2.89. The fraction of sp³-hybridized carbons (Fsp3) is 0.143. The molecule has 0 N–H and O–H groups in total. The first-order valence-corrected chi connectivity index (χ1v) is 4.32. The van der Waals surface area contributed by atoms with Gasteiger partial charge in [0.1, 0.15) is 0 Å². The zero-order valence-electron chi connectivity index (χ0n) is 5.44. The summed E-state index contributed by atoms with van der Waals surface area (Å²) in [6.45, 7) is 0. The summed E-state index contributed by atoms with van der Waals surface area (Å²) < 4.78 is 36.7. The fourth-order valence-electron chi connectivity index (χ4n) is 0.659. The van der Waals surface area contributed by atoms with Crippen molar-refractivity contribution in [3.8, 4) is 0 Å². The van der Waals surface area contributed by atoms with E-state index in [1.165, 1.54) is 12.1 Å². The van der Waals surface area contributed by atoms with Crippen LogP contribution in [0.4, 0.5) is 13.2 Å². The fourth-order valence-corrected chi connectivity index (χ4v) is 1.13. The van der Waals surface area contributed by atoms with Gasteiger partial charge >= 0.3 is 75.3 Å². The van der Waals surface area contributed by atoms with Crippen LogP contribution in [0.5, 0.6) is 0 Å². The Labute approximate surface area is 75.5 Å². The standard InChI is InChI=1S/C7H4F3.Sn/c8-7(9,10)6-4-2-1-3-5-6;/h2-5H;. The molecule has 57 valence electrons. The quantitative estimate of drug-likeness (QED) is 0.623. The van der Waals surface area contributed by atoms with Gasteiger partial charge in [-0.25, -0.2) is 0 Å². The molecule has 0 nitrogen and oxygen atoms in total. The van der Waals surface area contributed by atoms with Crippen LogP contribution in [0.15, 0.2) is 24.3 Å². The Morgan fingerprint density at radius 3 is 1.82 bits per heavy atom. The van der Waals surface area contributed by atoms with E-state index in [1.54, 1.807) is 0 Å². The van der Waals surface area contributed by atoms with Gasteiger partial charge in [0.2, 0.25) is 0 Å². The number of alkyl halides is 3. The van der Waals surface area contributed by atoms with Crippen LogP contribution in [0, 0.1) is 0 Å². The summed E-state index contributed by atoms with van der Waals surface area (Å²) in [7, 11) is 0. The average Bonchev–Trinajstić information content (AvgIpc) is 1.86. The van der Waals surface area contributed by atoms with E-state index in [4.69, 9.17) is 0 Å². The molecule has 0 saturated carbocycles. The molecular weight excluding hydrogens is 260 g/mol. The second-order valence-electron chi connectivity index (χ2n) is 2.08. The van der Waals surface area contributed by atoms with Gasteiger partial charge in [-0.2, -0.15) is 0 Å². The second-order valence-corrected chi connectivity index (χ2v) is 3.72. The summed E-state index contributed by atoms with van der Waals surface area (Å²) in [5, 5.41) is 0. The molecule has 4 heteroatoms. The van der Waals surface area contributed by atoms with E-state index in [0.717, 1.165) is 38.2 Å². The minimum absolute atomic E-state index is 0.580. The predicted octanol–water partition coefficient (Wildman–Crippen LogP) is 1.50. The summed E-state index contributed by atoms with van der Waals surface area (Å²) in [5.74, 6) is 0. The molecule has 0 aliphatic heterocycles. The van der Waals surface area contributed by atoms with Gasteiger partial charge in [-0.3, -0.25) is 0 Å². The minimum atomic E-state index is -4.20. The van der Waals surface area contributed by atoms with E-state index in [2.05, 4.69) is 0 Å². The molecular formula is C7H4F3Sn. The molecule has 0 fully saturated rings. The van der Waals surface area contributed by atoms with Crippen molar-refractivity contribution in [3.05, 3.63) is 29.8 Å². The molecule has 0 unspecified atom stereocenters. The third-order valence-corrected chi connectivity index (χ3v) is 2.16. The molecule has 0 heterocycles. The van der Waals surface area contributed by atoms with E-state index in [1.807, 2.05) is 0 Å². The average molecular weight is 264 g/mol. The summed E-state index contributed by atoms with van der Waals surface area (Å²) in [6, 6.07) is 5.18. The Kier molecular flexibility index (Phi) is 2.46. The van der Waals surface area contributed by atoms with Crippen molar-refractivity contribution in [2.24, 2.45) is 0 Å². The van der Waals surface area contributed by atoms with Crippen LogP contribution >= 0.6 is 0 Å². The van der Waals surface area contributed by atoms with Gasteiger partial charge < -0.3 is 0 Å². The van der Waals surface area contributed by atoms with Crippen molar-refractivity contribution in [3.63, 3.8) is 0 Å². The third-order valence-electron chi connectivity index (χ3n) is 1.21. The number of hydrogen-bond donors (Lipinski definition) is 0. The zero-order chi connectivity index (χ0) is 8.48. The van der Waals surface area contributed by atoms with Crippen molar-refractivity contribution in [1.29, 1.82) is 0 Å². The topological polar surface area (TPSA) is 0 Å². The van der Waals surface area contributed by atoms with Crippen molar-refractivity contribution < 1.29 is 13.2 Å². The van der Waals surface area contributed by atoms with Gasteiger partial charge in [0.15, 0.2) is 0 Å². The summed E-state index contributed by atoms with van der Waals surface area (Å²) >= 11 is 1.13. The molecule has 1 aromatic rings. The Balaban J connectivity index is 2.99. The molecule has 0 aliphatic carbocycles. The van der Waals surface area contributed by atoms with E-state index in [9.17, 15) is 13.2 Å². The van der Waals surface area contributed by atoms with Crippen LogP contribution in [0.25, 0.3) is 0 Å². The van der Waals surface area contributed by atoms with Gasteiger partial charge in [0, 0.05) is 0 Å². The van der Waals surface area contributed by atoms with Gasteiger partial charge in [-0.05, 0) is 0 Å². The molecule has 0 saturated heterocycles. The zero-order valence-corrected chi connectivity index (χ0v) is 8.30. The number of hydrogen-bond acceptors (Lipinski definition) is 0. The third kappa shape index (κ3) is 2.39. The van der Waals surface area contributed by atoms with E-state index < -0.39 is 11.7 Å². The molecule has 1 rings (SSSR count). The predicted molar refractivity (Wildman–Crippen MR) is 36.8 cm³/mol. The number of halogens is 3. The molecule has 0 aromatic heterocycles. The molecule has 0 bridgehead atoms. The van der Waals surface area contributed by atoms with E-state index in [0.29, 0.717) is 0 Å². The molecule has 0 amide bonds. The molecule has 0 aliphatic rings. The number of rotatable bonds is 0. The van der Waals surface area contributed by atoms with Crippen molar-refractivity contribution in [1.82, 2.24) is 0 Å². The molecule has 0 spiro atoms. The van der Waals surface area contributed by atoms with Crippen LogP contribution < -0.4 is 3.58 Å². The van der Waals surface area contributed by atoms with E-state index >= 15 is 0 Å². The summed E-state index contributed by atoms with van der Waals surface area (Å²) in [6.07, 6.45) is -4.20. The van der Waals surface area contributed by atoms with Crippen LogP contribution in [-0.4, -0.2) is 22.5 Å². The Hall–Kier alpha value is -0.191. The van der Waals surface area contributed by atoms with Gasteiger partial charge in [0.05, 0.1) is 0 Å². The Bertz CT molecular complexity index is 237. The number of benzene rings is 1. The van der Waals surface area contributed by atoms with Gasteiger partial charge in [-0.1, -0.05) is 0 Å². The monoisotopic (exact) mass is 265 g/mol. The van der Waals surface area contributed by atoms with Crippen LogP contribution in [0.2, 0.25) is 0 Å². The normalized spacial score (nSPS) is 11.6. The van der Waals surface area contributed by atoms with Crippen molar-refractivity contribution >= 4 is 26.1 Å². The Morgan fingerprint density at radius 1 is 1.00 bits per heavy atom. The molecule has 1 aromatic carbocycles. The summed E-state index contributed by atoms with van der Waals surface area (Å²) in [4.78, 5) is 0. The molecule has 0 atom stereocenters. The van der Waals surface area contributed by atoms with Crippen LogP contribution in [0.1, 0.15) is 5.56 Å². The maximum absolute atomic E-state index is 11.9. The molecule has 11 heavy (non-hydrogen) atoms. The second kappa shape index (κ2) is 3.05. The first kappa shape index (κ1) is 8.90. The van der Waals surface area contributed by atoms with Crippen LogP contribution in [0.3, 0.4) is 0 Å².